The lowest BCUT2D eigenvalue weighted by Crippen LogP contribution is -2.48. The minimum absolute atomic E-state index is 0.0417. The number of hydrogen-bond donors (Lipinski definition) is 3. The third-order valence-corrected chi connectivity index (χ3v) is 1.18. The number of aliphatic hydroxyl groups excluding tert-OH is 1. The predicted octanol–water partition coefficient (Wildman–Crippen LogP) is -1.44. The number of aliphatic hydroxyl groups is 1. The first-order chi connectivity index (χ1) is 4.54. The molecule has 0 fully saturated rings. The zero-order valence-electron chi connectivity index (χ0n) is 6.20. The van der Waals surface area contributed by atoms with E-state index in [0.29, 0.717) is 0 Å². The highest BCUT2D eigenvalue weighted by Gasteiger charge is 2.25. The summed E-state index contributed by atoms with van der Waals surface area (Å²) < 4.78 is 9.43. The Morgan fingerprint density at radius 2 is 1.90 bits per heavy atom. The summed E-state index contributed by atoms with van der Waals surface area (Å²) in [5, 5.41) is 8.69. The fourth-order valence-electron chi connectivity index (χ4n) is 0.542. The van der Waals surface area contributed by atoms with Crippen molar-refractivity contribution in [3.63, 3.8) is 0 Å². The fourth-order valence-corrected chi connectivity index (χ4v) is 0.542. The highest BCUT2D eigenvalue weighted by molar-refractivity contribution is 4.62. The van der Waals surface area contributed by atoms with Gasteiger partial charge in [-0.2, -0.15) is 0 Å². The summed E-state index contributed by atoms with van der Waals surface area (Å²) in [6.07, 6.45) is -0.982. The number of rotatable bonds is 4. The van der Waals surface area contributed by atoms with Crippen LogP contribution in [0.4, 0.5) is 0 Å². The summed E-state index contributed by atoms with van der Waals surface area (Å²) in [6.45, 7) is 0. The number of methoxy groups -OCH3 is 2. The molecule has 0 amide bonds. The van der Waals surface area contributed by atoms with Crippen LogP contribution in [0.2, 0.25) is 0 Å². The molecule has 1 atom stereocenters. The molecule has 0 radical (unpaired) electrons. The van der Waals surface area contributed by atoms with Crippen LogP contribution in [0, 0.1) is 0 Å². The van der Waals surface area contributed by atoms with Crippen molar-refractivity contribution in [3.8, 4) is 0 Å². The van der Waals surface area contributed by atoms with Crippen LogP contribution in [0.15, 0.2) is 0 Å². The molecule has 0 bridgehead atoms. The lowest BCUT2D eigenvalue weighted by atomic mass is 10.3. The minimum atomic E-state index is -1.27. The summed E-state index contributed by atoms with van der Waals surface area (Å²) in [5.74, 6) is -1.27. The maximum atomic E-state index is 8.69. The van der Waals surface area contributed by atoms with Gasteiger partial charge in [-0.15, -0.1) is 0 Å². The quantitative estimate of drug-likeness (QED) is 0.427. The maximum absolute atomic E-state index is 8.69. The normalized spacial score (nSPS) is 15.3. The summed E-state index contributed by atoms with van der Waals surface area (Å²) in [7, 11) is 2.76. The third-order valence-electron chi connectivity index (χ3n) is 1.18. The second kappa shape index (κ2) is 3.85. The average Bonchev–Trinajstić information content (AvgIpc) is 1.87. The van der Waals surface area contributed by atoms with Crippen molar-refractivity contribution in [1.82, 2.24) is 0 Å². The van der Waals surface area contributed by atoms with Gasteiger partial charge in [0.2, 0.25) is 5.91 Å². The van der Waals surface area contributed by atoms with Crippen LogP contribution < -0.4 is 11.5 Å². The molecule has 5 N–H and O–H groups in total. The van der Waals surface area contributed by atoms with E-state index < -0.39 is 12.1 Å². The van der Waals surface area contributed by atoms with Gasteiger partial charge in [-0.1, -0.05) is 0 Å². The van der Waals surface area contributed by atoms with Crippen LogP contribution in [-0.2, 0) is 9.47 Å². The molecular weight excluding hydrogens is 136 g/mol. The van der Waals surface area contributed by atoms with Gasteiger partial charge in [0.25, 0.3) is 0 Å². The molecule has 0 aliphatic heterocycles. The topological polar surface area (TPSA) is 90.7 Å². The Labute approximate surface area is 59.9 Å². The van der Waals surface area contributed by atoms with Crippen molar-refractivity contribution in [2.75, 3.05) is 14.2 Å². The molecule has 62 valence electrons. The van der Waals surface area contributed by atoms with Crippen LogP contribution in [0.5, 0.6) is 0 Å². The summed E-state index contributed by atoms with van der Waals surface area (Å²) in [5.41, 5.74) is 10.5. The summed E-state index contributed by atoms with van der Waals surface area (Å²) in [4.78, 5) is 0. The van der Waals surface area contributed by atoms with Crippen LogP contribution in [0.1, 0.15) is 6.42 Å². The molecular formula is C5H14N2O3. The maximum Gasteiger partial charge on any atom is 0.228 e. The first-order valence-corrected chi connectivity index (χ1v) is 2.87. The Morgan fingerprint density at radius 1 is 1.50 bits per heavy atom. The van der Waals surface area contributed by atoms with Crippen LogP contribution in [-0.4, -0.2) is 31.5 Å². The monoisotopic (exact) mass is 150 g/mol. The molecule has 10 heavy (non-hydrogen) atoms. The molecule has 0 aromatic heterocycles. The molecule has 0 saturated carbocycles. The van der Waals surface area contributed by atoms with E-state index in [2.05, 4.69) is 0 Å². The van der Waals surface area contributed by atoms with E-state index in [9.17, 15) is 0 Å². The molecule has 0 aromatic carbocycles. The summed E-state index contributed by atoms with van der Waals surface area (Å²) in [6, 6.07) is 0. The molecule has 0 heterocycles. The fraction of sp³-hybridized carbons (Fsp3) is 1.00. The molecule has 1 unspecified atom stereocenters. The Hall–Kier alpha value is -0.200. The smallest absolute Gasteiger partial charge is 0.228 e. The van der Waals surface area contributed by atoms with Crippen molar-refractivity contribution in [2.45, 2.75) is 18.6 Å². The van der Waals surface area contributed by atoms with Gasteiger partial charge in [0.05, 0.1) is 6.42 Å². The first kappa shape index (κ1) is 9.80. The Kier molecular flexibility index (Phi) is 3.77. The molecule has 0 spiro atoms. The minimum Gasteiger partial charge on any atom is -0.379 e. The number of nitrogens with two attached hydrogens (primary N) is 2. The van der Waals surface area contributed by atoms with Gasteiger partial charge in [-0.25, -0.2) is 0 Å². The van der Waals surface area contributed by atoms with Gasteiger partial charge in [0.15, 0.2) is 0 Å². The van der Waals surface area contributed by atoms with Gasteiger partial charge in [0, 0.05) is 14.2 Å². The van der Waals surface area contributed by atoms with E-state index in [1.807, 2.05) is 0 Å². The van der Waals surface area contributed by atoms with E-state index in [0.717, 1.165) is 0 Å². The van der Waals surface area contributed by atoms with Crippen molar-refractivity contribution >= 4 is 0 Å². The Balaban J connectivity index is 3.80. The zero-order chi connectivity index (χ0) is 8.20. The first-order valence-electron chi connectivity index (χ1n) is 2.87. The van der Waals surface area contributed by atoms with Gasteiger partial charge < -0.3 is 20.3 Å². The highest BCUT2D eigenvalue weighted by atomic mass is 16.7. The van der Waals surface area contributed by atoms with Crippen molar-refractivity contribution in [1.29, 1.82) is 0 Å². The molecule has 5 nitrogen and oxygen atoms in total. The standard InChI is InChI=1S/C5H14N2O3/c1-9-5(7,10-2)3-4(6)8/h4,8H,3,6-7H2,1-2H3. The zero-order valence-corrected chi connectivity index (χ0v) is 6.20. The SMILES string of the molecule is COC(N)(CC(N)O)OC. The number of ether oxygens (including phenoxy) is 2. The van der Waals surface area contributed by atoms with Crippen LogP contribution in [0.3, 0.4) is 0 Å². The predicted molar refractivity (Wildman–Crippen MR) is 35.7 cm³/mol. The van der Waals surface area contributed by atoms with E-state index >= 15 is 0 Å². The molecule has 0 aromatic rings. The van der Waals surface area contributed by atoms with Crippen LogP contribution in [0.25, 0.3) is 0 Å². The molecule has 0 rings (SSSR count). The lowest BCUT2D eigenvalue weighted by molar-refractivity contribution is -0.217. The largest absolute Gasteiger partial charge is 0.379 e. The molecule has 0 aliphatic rings. The van der Waals surface area contributed by atoms with E-state index in [1.54, 1.807) is 0 Å². The molecule has 5 heteroatoms. The Bertz CT molecular complexity index is 92.9. The van der Waals surface area contributed by atoms with Gasteiger partial charge in [0.1, 0.15) is 6.23 Å². The second-order valence-corrected chi connectivity index (χ2v) is 1.99. The highest BCUT2D eigenvalue weighted by Crippen LogP contribution is 2.08. The summed E-state index contributed by atoms with van der Waals surface area (Å²) >= 11 is 0. The van der Waals surface area contributed by atoms with Crippen molar-refractivity contribution < 1.29 is 14.6 Å². The van der Waals surface area contributed by atoms with Gasteiger partial charge in [-0.05, 0) is 0 Å². The van der Waals surface area contributed by atoms with Crippen molar-refractivity contribution in [2.24, 2.45) is 11.5 Å². The van der Waals surface area contributed by atoms with E-state index in [4.69, 9.17) is 26.0 Å². The van der Waals surface area contributed by atoms with Gasteiger partial charge in [-0.3, -0.25) is 5.73 Å². The second-order valence-electron chi connectivity index (χ2n) is 1.99. The number of hydrogen-bond acceptors (Lipinski definition) is 5. The average molecular weight is 150 g/mol. The van der Waals surface area contributed by atoms with Gasteiger partial charge >= 0.3 is 0 Å². The molecule has 0 aliphatic carbocycles. The van der Waals surface area contributed by atoms with E-state index in [-0.39, 0.29) is 6.42 Å². The van der Waals surface area contributed by atoms with E-state index in [1.165, 1.54) is 14.2 Å². The van der Waals surface area contributed by atoms with Crippen molar-refractivity contribution in [3.05, 3.63) is 0 Å². The lowest BCUT2D eigenvalue weighted by Gasteiger charge is -2.26. The molecule has 0 saturated heterocycles. The third kappa shape index (κ3) is 3.09. The van der Waals surface area contributed by atoms with Crippen LogP contribution >= 0.6 is 0 Å². The Morgan fingerprint density at radius 3 is 2.00 bits per heavy atom.